The molecule has 5 heteroatoms. The van der Waals surface area contributed by atoms with Gasteiger partial charge < -0.3 is 5.32 Å². The van der Waals surface area contributed by atoms with Gasteiger partial charge in [0.1, 0.15) is 5.82 Å². The Hall–Kier alpha value is -1.94. The highest BCUT2D eigenvalue weighted by Crippen LogP contribution is 2.22. The van der Waals surface area contributed by atoms with Gasteiger partial charge in [0.25, 0.3) is 3.91 Å². The van der Waals surface area contributed by atoms with Crippen molar-refractivity contribution < 1.29 is 4.79 Å². The van der Waals surface area contributed by atoms with Crippen LogP contribution in [0.15, 0.2) is 42.6 Å². The molecular formula is C13H8IN3O. The largest absolute Gasteiger partial charge is 0.302 e. The van der Waals surface area contributed by atoms with Gasteiger partial charge in [-0.3, -0.25) is 4.79 Å². The molecule has 0 bridgehead atoms. The van der Waals surface area contributed by atoms with Crippen LogP contribution >= 0.6 is 22.6 Å². The summed E-state index contributed by atoms with van der Waals surface area (Å²) in [4.78, 5) is 15.0. The molecule has 1 aromatic carbocycles. The molecule has 1 amide bonds. The van der Waals surface area contributed by atoms with E-state index in [0.29, 0.717) is 11.4 Å². The van der Waals surface area contributed by atoms with Crippen molar-refractivity contribution in [2.24, 2.45) is 0 Å². The molecule has 2 aromatic rings. The first-order valence-electron chi connectivity index (χ1n) is 5.12. The number of nitriles is 1. The molecule has 0 atom stereocenters. The second-order valence-electron chi connectivity index (χ2n) is 3.52. The number of hydrogen-bond donors (Lipinski definition) is 1. The average Bonchev–Trinajstić information content (AvgIpc) is 2.38. The second kappa shape index (κ2) is 5.60. The number of pyridine rings is 1. The SMILES string of the molecule is N#Cc1cccc(-c2ccnc(NC(=O)I)c2)c1. The van der Waals surface area contributed by atoms with Gasteiger partial charge in [0.15, 0.2) is 0 Å². The summed E-state index contributed by atoms with van der Waals surface area (Å²) in [6.07, 6.45) is 1.62. The Kier molecular flexibility index (Phi) is 3.89. The molecule has 2 rings (SSSR count). The number of carbonyl (C=O) groups is 1. The van der Waals surface area contributed by atoms with E-state index in [1.807, 2.05) is 18.2 Å². The summed E-state index contributed by atoms with van der Waals surface area (Å²) in [5.41, 5.74) is 2.42. The Labute approximate surface area is 118 Å². The summed E-state index contributed by atoms with van der Waals surface area (Å²) in [5, 5.41) is 11.5. The summed E-state index contributed by atoms with van der Waals surface area (Å²) in [6, 6.07) is 13.0. The molecule has 0 fully saturated rings. The van der Waals surface area contributed by atoms with Gasteiger partial charge in [-0.25, -0.2) is 4.98 Å². The van der Waals surface area contributed by atoms with Crippen molar-refractivity contribution in [3.05, 3.63) is 48.2 Å². The minimum atomic E-state index is -0.192. The van der Waals surface area contributed by atoms with Crippen molar-refractivity contribution >= 4 is 32.3 Å². The molecule has 0 radical (unpaired) electrons. The highest BCUT2D eigenvalue weighted by atomic mass is 127. The minimum absolute atomic E-state index is 0.192. The lowest BCUT2D eigenvalue weighted by molar-refractivity contribution is 0.271. The summed E-state index contributed by atoms with van der Waals surface area (Å²) >= 11 is 1.65. The molecule has 0 saturated heterocycles. The molecule has 18 heavy (non-hydrogen) atoms. The molecule has 4 nitrogen and oxygen atoms in total. The smallest absolute Gasteiger partial charge is 0.286 e. The van der Waals surface area contributed by atoms with Crippen LogP contribution in [0.1, 0.15) is 5.56 Å². The summed E-state index contributed by atoms with van der Waals surface area (Å²) in [5.74, 6) is 0.495. The second-order valence-corrected chi connectivity index (χ2v) is 4.50. The van der Waals surface area contributed by atoms with E-state index in [9.17, 15) is 4.79 Å². The van der Waals surface area contributed by atoms with Crippen molar-refractivity contribution in [1.82, 2.24) is 4.98 Å². The molecule has 0 spiro atoms. The summed E-state index contributed by atoms with van der Waals surface area (Å²) < 4.78 is -0.192. The van der Waals surface area contributed by atoms with Gasteiger partial charge in [-0.1, -0.05) is 12.1 Å². The Bertz CT molecular complexity index is 634. The quantitative estimate of drug-likeness (QED) is 0.512. The van der Waals surface area contributed by atoms with E-state index in [1.54, 1.807) is 47.0 Å². The number of anilines is 1. The number of hydrogen-bond acceptors (Lipinski definition) is 3. The monoisotopic (exact) mass is 349 g/mol. The number of nitrogens with one attached hydrogen (secondary N) is 1. The van der Waals surface area contributed by atoms with Crippen LogP contribution in [-0.4, -0.2) is 8.90 Å². The number of aromatic nitrogens is 1. The van der Waals surface area contributed by atoms with Crippen LogP contribution in [-0.2, 0) is 0 Å². The molecule has 1 N–H and O–H groups in total. The van der Waals surface area contributed by atoms with E-state index >= 15 is 0 Å². The van der Waals surface area contributed by atoms with Gasteiger partial charge in [0, 0.05) is 28.8 Å². The van der Waals surface area contributed by atoms with Crippen LogP contribution in [0.4, 0.5) is 10.6 Å². The fourth-order valence-corrected chi connectivity index (χ4v) is 1.82. The first kappa shape index (κ1) is 12.5. The zero-order valence-corrected chi connectivity index (χ0v) is 11.4. The van der Waals surface area contributed by atoms with Crippen LogP contribution < -0.4 is 5.32 Å². The standard InChI is InChI=1S/C13H8IN3O/c14-13(18)17-12-7-11(4-5-16-12)10-3-1-2-9(6-10)8-15/h1-7H,(H,16,17,18). The van der Waals surface area contributed by atoms with E-state index in [2.05, 4.69) is 16.4 Å². The van der Waals surface area contributed by atoms with Crippen molar-refractivity contribution in [1.29, 1.82) is 5.26 Å². The van der Waals surface area contributed by atoms with Crippen LogP contribution in [0.25, 0.3) is 11.1 Å². The van der Waals surface area contributed by atoms with E-state index in [4.69, 9.17) is 5.26 Å². The zero-order valence-electron chi connectivity index (χ0n) is 9.22. The topological polar surface area (TPSA) is 65.8 Å². The maximum absolute atomic E-state index is 11.0. The van der Waals surface area contributed by atoms with E-state index in [1.165, 1.54) is 0 Å². The highest BCUT2D eigenvalue weighted by molar-refractivity contribution is 14.1. The van der Waals surface area contributed by atoms with Gasteiger partial charge >= 0.3 is 0 Å². The number of benzene rings is 1. The Morgan fingerprint density at radius 2 is 2.06 bits per heavy atom. The number of nitrogens with zero attached hydrogens (tertiary/aromatic N) is 2. The average molecular weight is 349 g/mol. The molecule has 1 heterocycles. The van der Waals surface area contributed by atoms with Gasteiger partial charge in [-0.05, 0) is 35.4 Å². The predicted molar refractivity (Wildman–Crippen MR) is 77.4 cm³/mol. The third-order valence-corrected chi connectivity index (χ3v) is 2.58. The van der Waals surface area contributed by atoms with Crippen LogP contribution in [0, 0.1) is 11.3 Å². The Morgan fingerprint density at radius 1 is 1.28 bits per heavy atom. The van der Waals surface area contributed by atoms with Gasteiger partial charge in [0.2, 0.25) is 0 Å². The molecular weight excluding hydrogens is 341 g/mol. The van der Waals surface area contributed by atoms with E-state index in [-0.39, 0.29) is 3.91 Å². The normalized spacial score (nSPS) is 9.56. The molecule has 0 saturated carbocycles. The number of rotatable bonds is 2. The van der Waals surface area contributed by atoms with Crippen LogP contribution in [0.3, 0.4) is 0 Å². The molecule has 0 unspecified atom stereocenters. The minimum Gasteiger partial charge on any atom is -0.302 e. The zero-order chi connectivity index (χ0) is 13.0. The van der Waals surface area contributed by atoms with Crippen molar-refractivity contribution in [2.75, 3.05) is 5.32 Å². The van der Waals surface area contributed by atoms with Crippen LogP contribution in [0.2, 0.25) is 0 Å². The number of carbonyl (C=O) groups excluding carboxylic acids is 1. The Morgan fingerprint density at radius 3 is 2.78 bits per heavy atom. The van der Waals surface area contributed by atoms with Crippen LogP contribution in [0.5, 0.6) is 0 Å². The fourth-order valence-electron chi connectivity index (χ4n) is 1.55. The molecule has 0 aliphatic carbocycles. The molecule has 0 aliphatic heterocycles. The summed E-state index contributed by atoms with van der Waals surface area (Å²) in [6.45, 7) is 0. The first-order chi connectivity index (χ1) is 8.69. The van der Waals surface area contributed by atoms with Crippen molar-refractivity contribution in [3.8, 4) is 17.2 Å². The maximum atomic E-state index is 11.0. The maximum Gasteiger partial charge on any atom is 0.286 e. The van der Waals surface area contributed by atoms with Crippen molar-refractivity contribution in [2.45, 2.75) is 0 Å². The fraction of sp³-hybridized carbons (Fsp3) is 0. The molecule has 88 valence electrons. The predicted octanol–water partition coefficient (Wildman–Crippen LogP) is 3.59. The third kappa shape index (κ3) is 3.05. The summed E-state index contributed by atoms with van der Waals surface area (Å²) in [7, 11) is 0. The van der Waals surface area contributed by atoms with Gasteiger partial charge in [0.05, 0.1) is 11.6 Å². The molecule has 0 aliphatic rings. The van der Waals surface area contributed by atoms with Gasteiger partial charge in [-0.15, -0.1) is 0 Å². The Balaban J connectivity index is 2.38. The van der Waals surface area contributed by atoms with Gasteiger partial charge in [-0.2, -0.15) is 5.26 Å². The lowest BCUT2D eigenvalue weighted by Gasteiger charge is -2.04. The lowest BCUT2D eigenvalue weighted by Crippen LogP contribution is -2.02. The highest BCUT2D eigenvalue weighted by Gasteiger charge is 2.03. The number of halogens is 1. The van der Waals surface area contributed by atoms with E-state index < -0.39 is 0 Å². The first-order valence-corrected chi connectivity index (χ1v) is 6.20. The van der Waals surface area contributed by atoms with Crippen molar-refractivity contribution in [3.63, 3.8) is 0 Å². The lowest BCUT2D eigenvalue weighted by atomic mass is 10.0. The number of amides is 1. The third-order valence-electron chi connectivity index (χ3n) is 2.31. The molecule has 1 aromatic heterocycles. The van der Waals surface area contributed by atoms with E-state index in [0.717, 1.165) is 11.1 Å².